The van der Waals surface area contributed by atoms with Gasteiger partial charge in [0.2, 0.25) is 5.69 Å². The number of fused-ring (bicyclic) bond motifs is 5. The van der Waals surface area contributed by atoms with Crippen LogP contribution in [0.1, 0.15) is 97.2 Å². The summed E-state index contributed by atoms with van der Waals surface area (Å²) in [7, 11) is 0. The average Bonchev–Trinajstić information content (AvgIpc) is 3.80. The van der Waals surface area contributed by atoms with Crippen molar-refractivity contribution in [2.24, 2.45) is 0 Å². The molecule has 0 radical (unpaired) electrons. The predicted octanol–water partition coefficient (Wildman–Crippen LogP) is 12.6. The minimum atomic E-state index is -3.91. The zero-order valence-corrected chi connectivity index (χ0v) is 31.1. The van der Waals surface area contributed by atoms with Crippen LogP contribution in [0.2, 0.25) is 0 Å². The highest BCUT2D eigenvalue weighted by Gasteiger charge is 2.70. The average molecular weight is 745 g/mol. The molecule has 2 unspecified atom stereocenters. The second-order valence-corrected chi connectivity index (χ2v) is 16.0. The summed E-state index contributed by atoms with van der Waals surface area (Å²) in [6, 6.07) is 28.1. The minimum Gasteiger partial charge on any atom is -0.410 e. The molecule has 5 heterocycles. The summed E-state index contributed by atoms with van der Waals surface area (Å²) < 4.78 is 151. The van der Waals surface area contributed by atoms with Crippen molar-refractivity contribution in [2.45, 2.75) is 71.1 Å². The van der Waals surface area contributed by atoms with E-state index < -0.39 is 103 Å². The van der Waals surface area contributed by atoms with Crippen LogP contribution in [0.3, 0.4) is 0 Å². The highest BCUT2D eigenvalue weighted by atomic mass is 16.5. The van der Waals surface area contributed by atoms with Gasteiger partial charge in [-0.2, -0.15) is 0 Å². The van der Waals surface area contributed by atoms with Gasteiger partial charge in [0.1, 0.15) is 18.8 Å². The number of anilines is 3. The van der Waals surface area contributed by atoms with Crippen molar-refractivity contribution < 1.29 is 31.2 Å². The zero-order chi connectivity index (χ0) is 51.9. The standard InChI is InChI=1S/C52H46N3O/c1-32-20-25-43(40(28-32)34-14-9-8-10-15-34)54-44-18-13-17-38-41-30-37(51(5,6)7)31-42-45-29-35(33-21-23-36(24-22-33)50(2,3)4)26-27-53(45)52(47(41)42)55(48(38)44)49(54)39-16-11-12-19-46(39)56-52/h8-31,49H,1-7H3/q+1/i2D3,3D3,4D3,21D,22D,23D,24D,26D,27D,29D. The topological polar surface area (TPSA) is 19.6 Å². The number of nitrogens with zero attached hydrogens (tertiary/aromatic N) is 3. The number of benzene rings is 6. The molecule has 56 heavy (non-hydrogen) atoms. The summed E-state index contributed by atoms with van der Waals surface area (Å²) in [6.07, 6.45) is -1.21. The third-order valence-electron chi connectivity index (χ3n) is 11.5. The Morgan fingerprint density at radius 3 is 2.23 bits per heavy atom. The van der Waals surface area contributed by atoms with Crippen LogP contribution >= 0.6 is 0 Å². The van der Waals surface area contributed by atoms with E-state index >= 15 is 0 Å². The summed E-state index contributed by atoms with van der Waals surface area (Å²) >= 11 is 0. The molecule has 4 aliphatic rings. The molecule has 0 N–H and O–H groups in total. The second-order valence-electron chi connectivity index (χ2n) is 16.0. The lowest BCUT2D eigenvalue weighted by Gasteiger charge is -2.47. The van der Waals surface area contributed by atoms with E-state index in [1.165, 1.54) is 4.57 Å². The molecule has 6 aromatic carbocycles. The molecular weight excluding hydrogens is 683 g/mol. The summed E-state index contributed by atoms with van der Waals surface area (Å²) in [5.74, 6) is -1.35. The molecule has 0 aliphatic carbocycles. The van der Waals surface area contributed by atoms with Crippen LogP contribution < -0.4 is 19.1 Å². The van der Waals surface area contributed by atoms with E-state index in [1.807, 2.05) is 94.4 Å². The van der Waals surface area contributed by atoms with Crippen molar-refractivity contribution >= 4 is 17.1 Å². The molecule has 274 valence electrons. The lowest BCUT2D eigenvalue weighted by Crippen LogP contribution is -2.71. The van der Waals surface area contributed by atoms with E-state index in [1.54, 1.807) is 0 Å². The van der Waals surface area contributed by atoms with Gasteiger partial charge in [0, 0.05) is 46.7 Å². The Bertz CT molecular complexity index is 3460. The van der Waals surface area contributed by atoms with Crippen molar-refractivity contribution in [3.05, 3.63) is 173 Å². The van der Waals surface area contributed by atoms with E-state index in [0.717, 1.165) is 56.0 Å². The van der Waals surface area contributed by atoms with E-state index in [4.69, 9.17) is 17.1 Å². The SMILES string of the molecule is [2H]c1c([2H])c(C(C([2H])([2H])[2H])(C([2H])([2H])[2H])C([2H])([2H])[2H])c([2H])c([2H])c1-c1c([2H])c([2H])[n+]2c(c1[2H])-c1cc(C(C)(C)C)cc3c1C21Oc2ccccc2C2N(c4ccc(C)cc4-c4ccccc4)c4cccc-3c4N21. The summed E-state index contributed by atoms with van der Waals surface area (Å²) in [5, 5.41) is 0. The Morgan fingerprint density at radius 2 is 1.45 bits per heavy atom. The van der Waals surface area contributed by atoms with E-state index in [9.17, 15) is 9.60 Å². The van der Waals surface area contributed by atoms with Gasteiger partial charge in [-0.3, -0.25) is 0 Å². The lowest BCUT2D eigenvalue weighted by molar-refractivity contribution is -0.774. The fourth-order valence-electron chi connectivity index (χ4n) is 8.92. The van der Waals surface area contributed by atoms with Crippen molar-refractivity contribution in [1.29, 1.82) is 0 Å². The maximum absolute atomic E-state index is 10.2. The highest BCUT2D eigenvalue weighted by Crippen LogP contribution is 2.67. The molecule has 0 saturated heterocycles. The Labute approximate surface area is 352 Å². The normalized spacial score (nSPS) is 23.0. The number of ether oxygens (including phenoxy) is 1. The van der Waals surface area contributed by atoms with Crippen LogP contribution in [0.5, 0.6) is 5.75 Å². The number of hydrogen-bond acceptors (Lipinski definition) is 3. The van der Waals surface area contributed by atoms with Crippen molar-refractivity contribution in [3.63, 3.8) is 0 Å². The third-order valence-corrected chi connectivity index (χ3v) is 11.5. The molecule has 4 aliphatic heterocycles. The molecule has 1 aromatic heterocycles. The molecule has 0 fully saturated rings. The first-order valence-corrected chi connectivity index (χ1v) is 18.7. The first-order valence-electron chi connectivity index (χ1n) is 26.7. The molecular formula is C52H46N3O+. The maximum Gasteiger partial charge on any atom is 0.432 e. The minimum absolute atomic E-state index is 0.0438. The third kappa shape index (κ3) is 4.44. The van der Waals surface area contributed by atoms with Crippen LogP contribution in [-0.2, 0) is 16.7 Å². The van der Waals surface area contributed by atoms with Gasteiger partial charge in [0.25, 0.3) is 0 Å². The van der Waals surface area contributed by atoms with Crippen LogP contribution in [0.25, 0.3) is 44.6 Å². The molecule has 4 nitrogen and oxygen atoms in total. The lowest BCUT2D eigenvalue weighted by atomic mass is 9.79. The second kappa shape index (κ2) is 11.2. The van der Waals surface area contributed by atoms with Gasteiger partial charge in [0.05, 0.1) is 30.9 Å². The predicted molar refractivity (Wildman–Crippen MR) is 228 cm³/mol. The Balaban J connectivity index is 1.26. The number of para-hydroxylation sites is 2. The first kappa shape index (κ1) is 20.7. The quantitative estimate of drug-likeness (QED) is 0.168. The maximum atomic E-state index is 10.2. The van der Waals surface area contributed by atoms with Gasteiger partial charge in [-0.25, -0.2) is 4.90 Å². The van der Waals surface area contributed by atoms with Crippen molar-refractivity contribution in [1.82, 2.24) is 0 Å². The molecule has 2 atom stereocenters. The monoisotopic (exact) mass is 744 g/mol. The molecule has 11 rings (SSSR count). The fraction of sp³-hybridized carbons (Fsp3) is 0.212. The number of aryl methyl sites for hydroxylation is 1. The largest absolute Gasteiger partial charge is 0.432 e. The van der Waals surface area contributed by atoms with Gasteiger partial charge in [-0.1, -0.05) is 138 Å². The smallest absolute Gasteiger partial charge is 0.410 e. The van der Waals surface area contributed by atoms with Gasteiger partial charge < -0.3 is 9.64 Å². The Morgan fingerprint density at radius 1 is 0.679 bits per heavy atom. The molecule has 0 bridgehead atoms. The van der Waals surface area contributed by atoms with Gasteiger partial charge in [-0.05, 0) is 82.0 Å². The van der Waals surface area contributed by atoms with Crippen LogP contribution in [-0.4, -0.2) is 0 Å². The first-order chi connectivity index (χ1) is 33.6. The number of rotatable bonds is 3. The van der Waals surface area contributed by atoms with Crippen molar-refractivity contribution in [2.75, 3.05) is 9.80 Å². The van der Waals surface area contributed by atoms with E-state index in [0.29, 0.717) is 16.9 Å². The van der Waals surface area contributed by atoms with E-state index in [-0.39, 0.29) is 5.69 Å². The molecule has 7 aromatic rings. The molecule has 0 amide bonds. The van der Waals surface area contributed by atoms with Crippen LogP contribution in [0, 0.1) is 6.92 Å². The number of aromatic nitrogens is 1. The summed E-state index contributed by atoms with van der Waals surface area (Å²) in [6.45, 7) is -3.58. The molecule has 1 spiro atoms. The zero-order valence-electron chi connectivity index (χ0n) is 47.1. The number of hydrogen-bond donors (Lipinski definition) is 0. The summed E-state index contributed by atoms with van der Waals surface area (Å²) in [5.41, 5.74) is 2.68. The molecule has 0 saturated carbocycles. The van der Waals surface area contributed by atoms with Crippen LogP contribution in [0.15, 0.2) is 146 Å². The molecule has 4 heteroatoms. The summed E-state index contributed by atoms with van der Waals surface area (Å²) in [4.78, 5) is 4.37. The number of pyridine rings is 1. The van der Waals surface area contributed by atoms with E-state index in [2.05, 4.69) is 46.2 Å². The van der Waals surface area contributed by atoms with Gasteiger partial charge >= 0.3 is 5.85 Å². The highest BCUT2D eigenvalue weighted by molar-refractivity contribution is 6.02. The fourth-order valence-corrected chi connectivity index (χ4v) is 8.92. The van der Waals surface area contributed by atoms with Gasteiger partial charge in [-0.15, -0.1) is 4.57 Å². The van der Waals surface area contributed by atoms with Crippen LogP contribution in [0.4, 0.5) is 17.1 Å². The van der Waals surface area contributed by atoms with Gasteiger partial charge in [0.15, 0.2) is 6.17 Å². The van der Waals surface area contributed by atoms with Crippen molar-refractivity contribution in [3.8, 4) is 50.4 Å². The Hall–Kier alpha value is -6.13. The Kier molecular flexibility index (Phi) is 4.15.